The van der Waals surface area contributed by atoms with E-state index in [0.717, 1.165) is 15.6 Å². The lowest BCUT2D eigenvalue weighted by Gasteiger charge is -2.11. The molecule has 0 aliphatic carbocycles. The number of hydrogen-bond donors (Lipinski definition) is 1. The smallest absolute Gasteiger partial charge is 0.277 e. The Morgan fingerprint density at radius 3 is 2.60 bits per heavy atom. The summed E-state index contributed by atoms with van der Waals surface area (Å²) in [6.07, 6.45) is 1.40. The summed E-state index contributed by atoms with van der Waals surface area (Å²) >= 11 is 3.41. The molecule has 8 heteroatoms. The lowest BCUT2D eigenvalue weighted by Crippen LogP contribution is -2.24. The first-order valence-electron chi connectivity index (χ1n) is 7.32. The molecule has 0 unspecified atom stereocenters. The van der Waals surface area contributed by atoms with Crippen molar-refractivity contribution in [3.8, 4) is 5.75 Å². The van der Waals surface area contributed by atoms with Crippen LogP contribution in [-0.2, 0) is 4.79 Å². The summed E-state index contributed by atoms with van der Waals surface area (Å²) in [7, 11) is 0. The summed E-state index contributed by atoms with van der Waals surface area (Å²) in [5, 5.41) is 14.4. The molecule has 0 saturated heterocycles. The molecular weight excluding hydrogens is 390 g/mol. The fraction of sp³-hybridized carbons (Fsp3) is 0.176. The lowest BCUT2D eigenvalue weighted by atomic mass is 10.1. The number of hydrogen-bond acceptors (Lipinski definition) is 5. The highest BCUT2D eigenvalue weighted by Gasteiger charge is 2.09. The first kappa shape index (κ1) is 18.6. The molecule has 0 aromatic heterocycles. The summed E-state index contributed by atoms with van der Waals surface area (Å²) in [6, 6.07) is 9.68. The fourth-order valence-electron chi connectivity index (χ4n) is 2.12. The predicted octanol–water partition coefficient (Wildman–Crippen LogP) is 3.50. The highest BCUT2D eigenvalue weighted by Crippen LogP contribution is 2.30. The van der Waals surface area contributed by atoms with Crippen LogP contribution >= 0.6 is 15.9 Å². The van der Waals surface area contributed by atoms with Crippen molar-refractivity contribution in [1.82, 2.24) is 5.43 Å². The molecule has 2 aromatic carbocycles. The van der Waals surface area contributed by atoms with E-state index in [0.29, 0.717) is 11.3 Å². The van der Waals surface area contributed by atoms with E-state index >= 15 is 0 Å². The van der Waals surface area contributed by atoms with Gasteiger partial charge in [-0.15, -0.1) is 0 Å². The molecule has 7 nitrogen and oxygen atoms in total. The van der Waals surface area contributed by atoms with Crippen LogP contribution in [-0.4, -0.2) is 23.7 Å². The third kappa shape index (κ3) is 5.39. The third-order valence-corrected chi connectivity index (χ3v) is 3.82. The largest absolute Gasteiger partial charge is 0.482 e. The second-order valence-corrected chi connectivity index (χ2v) is 6.18. The molecule has 0 saturated carbocycles. The Kier molecular flexibility index (Phi) is 6.24. The number of aryl methyl sites for hydroxylation is 2. The van der Waals surface area contributed by atoms with Gasteiger partial charge in [-0.3, -0.25) is 14.9 Å². The molecule has 1 N–H and O–H groups in total. The lowest BCUT2D eigenvalue weighted by molar-refractivity contribution is -0.384. The van der Waals surface area contributed by atoms with Crippen molar-refractivity contribution in [1.29, 1.82) is 0 Å². The van der Waals surface area contributed by atoms with Crippen LogP contribution in [0, 0.1) is 24.0 Å². The summed E-state index contributed by atoms with van der Waals surface area (Å²) in [5.41, 5.74) is 4.98. The molecule has 0 spiro atoms. The minimum Gasteiger partial charge on any atom is -0.482 e. The monoisotopic (exact) mass is 405 g/mol. The molecule has 0 aliphatic rings. The summed E-state index contributed by atoms with van der Waals surface area (Å²) in [5.74, 6) is 0.199. The maximum Gasteiger partial charge on any atom is 0.277 e. The predicted molar refractivity (Wildman–Crippen MR) is 97.9 cm³/mol. The molecule has 0 radical (unpaired) electrons. The number of hydrazone groups is 1. The summed E-state index contributed by atoms with van der Waals surface area (Å²) < 4.78 is 6.31. The number of benzene rings is 2. The third-order valence-electron chi connectivity index (χ3n) is 3.23. The number of non-ortho nitro benzene ring substituents is 1. The van der Waals surface area contributed by atoms with Gasteiger partial charge < -0.3 is 4.74 Å². The average molecular weight is 406 g/mol. The molecule has 0 heterocycles. The van der Waals surface area contributed by atoms with Gasteiger partial charge in [0.25, 0.3) is 11.6 Å². The first-order chi connectivity index (χ1) is 11.9. The van der Waals surface area contributed by atoms with Crippen molar-refractivity contribution in [2.75, 3.05) is 6.61 Å². The Morgan fingerprint density at radius 1 is 1.32 bits per heavy atom. The number of nitro benzene ring substituents is 1. The van der Waals surface area contributed by atoms with E-state index in [1.165, 1.54) is 30.5 Å². The van der Waals surface area contributed by atoms with E-state index in [-0.39, 0.29) is 12.3 Å². The number of nitrogens with zero attached hydrogens (tertiary/aromatic N) is 2. The zero-order valence-corrected chi connectivity index (χ0v) is 15.2. The Bertz CT molecular complexity index is 796. The van der Waals surface area contributed by atoms with Gasteiger partial charge in [-0.2, -0.15) is 5.10 Å². The first-order valence-corrected chi connectivity index (χ1v) is 8.12. The maximum atomic E-state index is 11.8. The SMILES string of the molecule is Cc1cc(C)c(OCC(=O)NN=Cc2ccc([N+](=O)[O-])cc2)c(Br)c1. The van der Waals surface area contributed by atoms with E-state index in [2.05, 4.69) is 26.5 Å². The van der Waals surface area contributed by atoms with Crippen LogP contribution in [0.3, 0.4) is 0 Å². The van der Waals surface area contributed by atoms with Crippen LogP contribution in [0.1, 0.15) is 16.7 Å². The van der Waals surface area contributed by atoms with Crippen LogP contribution < -0.4 is 10.2 Å². The molecule has 0 aliphatic heterocycles. The molecular formula is C17H16BrN3O4. The van der Waals surface area contributed by atoms with Crippen LogP contribution in [0.4, 0.5) is 5.69 Å². The minimum absolute atomic E-state index is 0.00590. The topological polar surface area (TPSA) is 93.8 Å². The second kappa shape index (κ2) is 8.39. The number of carbonyl (C=O) groups excluding carboxylic acids is 1. The zero-order valence-electron chi connectivity index (χ0n) is 13.7. The number of nitrogens with one attached hydrogen (secondary N) is 1. The van der Waals surface area contributed by atoms with Crippen LogP contribution in [0.25, 0.3) is 0 Å². The summed E-state index contributed by atoms with van der Waals surface area (Å²) in [6.45, 7) is 3.69. The maximum absolute atomic E-state index is 11.8. The van der Waals surface area contributed by atoms with Crippen LogP contribution in [0.15, 0.2) is 46.0 Å². The van der Waals surface area contributed by atoms with Crippen molar-refractivity contribution >= 4 is 33.7 Å². The van der Waals surface area contributed by atoms with Gasteiger partial charge in [-0.25, -0.2) is 5.43 Å². The molecule has 130 valence electrons. The minimum atomic E-state index is -0.481. The van der Waals surface area contributed by atoms with E-state index < -0.39 is 10.8 Å². The van der Waals surface area contributed by atoms with Crippen molar-refractivity contribution in [2.45, 2.75) is 13.8 Å². The van der Waals surface area contributed by atoms with Crippen molar-refractivity contribution in [2.24, 2.45) is 5.10 Å². The average Bonchev–Trinajstić information content (AvgIpc) is 2.54. The number of ether oxygens (including phenoxy) is 1. The number of halogens is 1. The van der Waals surface area contributed by atoms with Gasteiger partial charge in [-0.05, 0) is 64.7 Å². The van der Waals surface area contributed by atoms with Gasteiger partial charge in [0.1, 0.15) is 5.75 Å². The molecule has 0 atom stereocenters. The Hall–Kier alpha value is -2.74. The zero-order chi connectivity index (χ0) is 18.4. The Labute approximate surface area is 153 Å². The molecule has 2 aromatic rings. The normalized spacial score (nSPS) is 10.7. The van der Waals surface area contributed by atoms with Gasteiger partial charge in [0, 0.05) is 12.1 Å². The highest BCUT2D eigenvalue weighted by molar-refractivity contribution is 9.10. The van der Waals surface area contributed by atoms with Crippen LogP contribution in [0.5, 0.6) is 5.75 Å². The molecule has 2 rings (SSSR count). The fourth-order valence-corrected chi connectivity index (χ4v) is 2.90. The van der Waals surface area contributed by atoms with Crippen molar-refractivity contribution in [3.05, 3.63) is 67.7 Å². The van der Waals surface area contributed by atoms with Gasteiger partial charge in [0.05, 0.1) is 15.6 Å². The Morgan fingerprint density at radius 2 is 2.00 bits per heavy atom. The van der Waals surface area contributed by atoms with E-state index in [1.54, 1.807) is 0 Å². The molecule has 0 fully saturated rings. The summed E-state index contributed by atoms with van der Waals surface area (Å²) in [4.78, 5) is 21.9. The van der Waals surface area contributed by atoms with E-state index in [4.69, 9.17) is 4.74 Å². The molecule has 25 heavy (non-hydrogen) atoms. The number of amides is 1. The van der Waals surface area contributed by atoms with Gasteiger partial charge in [-0.1, -0.05) is 6.07 Å². The molecule has 0 bridgehead atoms. The van der Waals surface area contributed by atoms with Gasteiger partial charge >= 0.3 is 0 Å². The van der Waals surface area contributed by atoms with Crippen LogP contribution in [0.2, 0.25) is 0 Å². The van der Waals surface area contributed by atoms with Crippen molar-refractivity contribution in [3.63, 3.8) is 0 Å². The van der Waals surface area contributed by atoms with E-state index in [1.807, 2.05) is 26.0 Å². The molecule has 1 amide bonds. The standard InChI is InChI=1S/C17H16BrN3O4/c1-11-7-12(2)17(15(18)8-11)25-10-16(22)20-19-9-13-3-5-14(6-4-13)21(23)24/h3-9H,10H2,1-2H3,(H,20,22). The van der Waals surface area contributed by atoms with Gasteiger partial charge in [0.2, 0.25) is 0 Å². The number of rotatable bonds is 6. The number of carbonyl (C=O) groups is 1. The van der Waals surface area contributed by atoms with E-state index in [9.17, 15) is 14.9 Å². The number of nitro groups is 1. The quantitative estimate of drug-likeness (QED) is 0.451. The Balaban J connectivity index is 1.87. The van der Waals surface area contributed by atoms with Crippen molar-refractivity contribution < 1.29 is 14.5 Å². The van der Waals surface area contributed by atoms with Gasteiger partial charge in [0.15, 0.2) is 6.61 Å². The second-order valence-electron chi connectivity index (χ2n) is 5.32. The highest BCUT2D eigenvalue weighted by atomic mass is 79.9.